The van der Waals surface area contributed by atoms with Crippen molar-refractivity contribution in [1.29, 1.82) is 0 Å². The van der Waals surface area contributed by atoms with Gasteiger partial charge in [0.1, 0.15) is 11.5 Å². The number of nitrogens with one attached hydrogen (secondary N) is 1. The third kappa shape index (κ3) is 5.32. The Kier molecular flexibility index (Phi) is 6.46. The maximum absolute atomic E-state index is 13.4. The summed E-state index contributed by atoms with van der Waals surface area (Å²) in [4.78, 5) is 25.7. The van der Waals surface area contributed by atoms with Crippen molar-refractivity contribution in [3.05, 3.63) is 89.5 Å². The Morgan fingerprint density at radius 1 is 0.758 bits per heavy atom. The molecule has 33 heavy (non-hydrogen) atoms. The molecule has 172 valence electrons. The molecule has 0 saturated heterocycles. The molecule has 0 radical (unpaired) electrons. The summed E-state index contributed by atoms with van der Waals surface area (Å²) in [5.74, 6) is -2.05. The van der Waals surface area contributed by atoms with Crippen LogP contribution in [0.4, 0.5) is 0 Å². The number of amides is 2. The van der Waals surface area contributed by atoms with Crippen LogP contribution >= 0.6 is 0 Å². The summed E-state index contributed by atoms with van der Waals surface area (Å²) in [5, 5.41) is 18.9. The molecule has 0 aliphatic heterocycles. The molecule has 0 atom stereocenters. The van der Waals surface area contributed by atoms with Crippen LogP contribution in [0.15, 0.2) is 77.7 Å². The van der Waals surface area contributed by atoms with Crippen molar-refractivity contribution in [3.63, 3.8) is 0 Å². The lowest BCUT2D eigenvalue weighted by atomic mass is 9.87. The molecule has 9 heteroatoms. The van der Waals surface area contributed by atoms with E-state index >= 15 is 0 Å². The van der Waals surface area contributed by atoms with E-state index in [1.54, 1.807) is 12.1 Å². The highest BCUT2D eigenvalue weighted by atomic mass is 32.2. The molecular formula is C24H24N2O6S. The maximum atomic E-state index is 13.4. The van der Waals surface area contributed by atoms with Gasteiger partial charge in [0.25, 0.3) is 21.8 Å². The van der Waals surface area contributed by atoms with E-state index in [0.717, 1.165) is 5.56 Å². The van der Waals surface area contributed by atoms with E-state index in [-0.39, 0.29) is 37.4 Å². The Morgan fingerprint density at radius 2 is 1.21 bits per heavy atom. The number of phenols is 2. The van der Waals surface area contributed by atoms with Gasteiger partial charge in [-0.25, -0.2) is 5.43 Å². The topological polar surface area (TPSA) is 124 Å². The number of carbonyl (C=O) groups is 2. The third-order valence-corrected chi connectivity index (χ3v) is 6.50. The van der Waals surface area contributed by atoms with Crippen molar-refractivity contribution in [2.24, 2.45) is 0 Å². The lowest BCUT2D eigenvalue weighted by Gasteiger charge is -2.24. The van der Waals surface area contributed by atoms with E-state index in [0.29, 0.717) is 0 Å². The normalized spacial score (nSPS) is 11.6. The molecule has 0 aliphatic carbocycles. The van der Waals surface area contributed by atoms with Gasteiger partial charge >= 0.3 is 0 Å². The fourth-order valence-corrected chi connectivity index (χ4v) is 4.16. The number of nitrogens with zero attached hydrogens (tertiary/aromatic N) is 1. The van der Waals surface area contributed by atoms with Crippen molar-refractivity contribution in [1.82, 2.24) is 9.84 Å². The van der Waals surface area contributed by atoms with Gasteiger partial charge in [0.2, 0.25) is 0 Å². The Bertz CT molecular complexity index is 1260. The van der Waals surface area contributed by atoms with Gasteiger partial charge in [-0.3, -0.25) is 9.59 Å². The highest BCUT2D eigenvalue weighted by molar-refractivity contribution is 7.89. The van der Waals surface area contributed by atoms with Crippen molar-refractivity contribution in [2.75, 3.05) is 0 Å². The smallest absolute Gasteiger partial charge is 0.286 e. The van der Waals surface area contributed by atoms with Gasteiger partial charge in [-0.2, -0.15) is 8.42 Å². The summed E-state index contributed by atoms with van der Waals surface area (Å²) in [6.07, 6.45) is 0. The zero-order chi connectivity index (χ0) is 24.4. The molecule has 8 nitrogen and oxygen atoms in total. The minimum Gasteiger partial charge on any atom is -0.508 e. The zero-order valence-corrected chi connectivity index (χ0v) is 19.1. The molecular weight excluding hydrogens is 444 g/mol. The molecule has 0 bridgehead atoms. The fourth-order valence-electron chi connectivity index (χ4n) is 2.94. The highest BCUT2D eigenvalue weighted by Gasteiger charge is 2.33. The predicted molar refractivity (Wildman–Crippen MR) is 122 cm³/mol. The molecule has 0 heterocycles. The Hall–Kier alpha value is -3.85. The summed E-state index contributed by atoms with van der Waals surface area (Å²) in [5.41, 5.74) is 2.82. The molecule has 2 amide bonds. The molecule has 3 aromatic rings. The number of hydrogen-bond donors (Lipinski definition) is 3. The number of hydrogen-bond acceptors (Lipinski definition) is 6. The van der Waals surface area contributed by atoms with E-state index in [1.807, 2.05) is 20.8 Å². The van der Waals surface area contributed by atoms with E-state index in [1.165, 1.54) is 60.7 Å². The number of aromatic hydroxyl groups is 2. The Morgan fingerprint density at radius 3 is 1.67 bits per heavy atom. The molecule has 0 fully saturated rings. The standard InChI is InChI=1S/C24H24N2O6S/c1-24(2,3)18-8-14-21(15-9-18)33(31,32)26(23(30)17-6-12-20(28)13-7-17)25-22(29)16-4-10-19(27)11-5-16/h4-15,27-28H,1-3H3,(H,25,29). The molecule has 0 aliphatic rings. The molecule has 3 N–H and O–H groups in total. The van der Waals surface area contributed by atoms with Crippen LogP contribution < -0.4 is 5.43 Å². The quantitative estimate of drug-likeness (QED) is 0.503. The summed E-state index contributed by atoms with van der Waals surface area (Å²) in [6, 6.07) is 16.1. The zero-order valence-electron chi connectivity index (χ0n) is 18.3. The van der Waals surface area contributed by atoms with Gasteiger partial charge in [-0.15, -0.1) is 4.41 Å². The predicted octanol–water partition coefficient (Wildman–Crippen LogP) is 3.57. The van der Waals surface area contributed by atoms with E-state index < -0.39 is 21.8 Å². The van der Waals surface area contributed by atoms with Gasteiger partial charge < -0.3 is 10.2 Å². The minimum absolute atomic E-state index is 0.0367. The number of carbonyl (C=O) groups excluding carboxylic acids is 2. The van der Waals surface area contributed by atoms with Crippen LogP contribution in [0.3, 0.4) is 0 Å². The summed E-state index contributed by atoms with van der Waals surface area (Å²) < 4.78 is 27.1. The number of benzene rings is 3. The Balaban J connectivity index is 2.02. The number of rotatable bonds is 4. The second-order valence-corrected chi connectivity index (χ2v) is 10.2. The van der Waals surface area contributed by atoms with Crippen LogP contribution in [0.2, 0.25) is 0 Å². The number of sulfonamides is 1. The first-order chi connectivity index (χ1) is 15.4. The number of phenolic OH excluding ortho intramolecular Hbond substituents is 2. The summed E-state index contributed by atoms with van der Waals surface area (Å²) in [6.45, 7) is 5.94. The van der Waals surface area contributed by atoms with E-state index in [2.05, 4.69) is 5.43 Å². The fraction of sp³-hybridized carbons (Fsp3) is 0.167. The van der Waals surface area contributed by atoms with Gasteiger partial charge in [0.05, 0.1) is 4.90 Å². The van der Waals surface area contributed by atoms with Crippen molar-refractivity contribution >= 4 is 21.8 Å². The van der Waals surface area contributed by atoms with E-state index in [9.17, 15) is 28.2 Å². The lowest BCUT2D eigenvalue weighted by Crippen LogP contribution is -2.49. The first-order valence-corrected chi connectivity index (χ1v) is 11.4. The van der Waals surface area contributed by atoms with Crippen LogP contribution in [0.5, 0.6) is 11.5 Å². The van der Waals surface area contributed by atoms with Gasteiger partial charge in [0, 0.05) is 11.1 Å². The number of hydrazine groups is 1. The molecule has 0 saturated carbocycles. The molecule has 0 aromatic heterocycles. The van der Waals surface area contributed by atoms with Crippen LogP contribution in [-0.4, -0.2) is 34.9 Å². The molecule has 0 unspecified atom stereocenters. The van der Waals surface area contributed by atoms with Crippen LogP contribution in [0.1, 0.15) is 47.1 Å². The SMILES string of the molecule is CC(C)(C)c1ccc(S(=O)(=O)N(NC(=O)c2ccc(O)cc2)C(=O)c2ccc(O)cc2)cc1. The highest BCUT2D eigenvalue weighted by Crippen LogP contribution is 2.25. The monoisotopic (exact) mass is 468 g/mol. The van der Waals surface area contributed by atoms with Crippen LogP contribution in [0.25, 0.3) is 0 Å². The molecule has 3 aromatic carbocycles. The largest absolute Gasteiger partial charge is 0.508 e. The first kappa shape index (κ1) is 23.8. The van der Waals surface area contributed by atoms with Gasteiger partial charge in [0.15, 0.2) is 0 Å². The Labute approximate surface area is 192 Å². The second-order valence-electron chi connectivity index (χ2n) is 8.38. The lowest BCUT2D eigenvalue weighted by molar-refractivity contribution is 0.0724. The van der Waals surface area contributed by atoms with E-state index in [4.69, 9.17) is 0 Å². The third-order valence-electron chi connectivity index (χ3n) is 4.89. The second kappa shape index (κ2) is 8.95. The van der Waals surface area contributed by atoms with Crippen LogP contribution in [0, 0.1) is 0 Å². The molecule has 3 rings (SSSR count). The average molecular weight is 469 g/mol. The van der Waals surface area contributed by atoms with Gasteiger partial charge in [-0.1, -0.05) is 32.9 Å². The van der Waals surface area contributed by atoms with Crippen molar-refractivity contribution < 1.29 is 28.2 Å². The van der Waals surface area contributed by atoms with Gasteiger partial charge in [-0.05, 0) is 71.6 Å². The summed E-state index contributed by atoms with van der Waals surface area (Å²) >= 11 is 0. The molecule has 0 spiro atoms. The van der Waals surface area contributed by atoms with Crippen molar-refractivity contribution in [2.45, 2.75) is 31.1 Å². The summed E-state index contributed by atoms with van der Waals surface area (Å²) in [7, 11) is -4.49. The minimum atomic E-state index is -4.49. The van der Waals surface area contributed by atoms with Crippen molar-refractivity contribution in [3.8, 4) is 11.5 Å². The maximum Gasteiger partial charge on any atom is 0.286 e. The van der Waals surface area contributed by atoms with Crippen LogP contribution in [-0.2, 0) is 15.4 Å². The average Bonchev–Trinajstić information content (AvgIpc) is 2.77. The first-order valence-electron chi connectivity index (χ1n) is 9.99.